The first-order chi connectivity index (χ1) is 8.58. The van der Waals surface area contributed by atoms with Gasteiger partial charge in [-0.3, -0.25) is 0 Å². The van der Waals surface area contributed by atoms with Gasteiger partial charge in [0.15, 0.2) is 11.6 Å². The quantitative estimate of drug-likeness (QED) is 0.514. The topological polar surface area (TPSA) is 12.9 Å². The van der Waals surface area contributed by atoms with Crippen molar-refractivity contribution in [1.29, 1.82) is 0 Å². The third kappa shape index (κ3) is 2.51. The molecule has 1 heterocycles. The maximum absolute atomic E-state index is 13.3. The maximum Gasteiger partial charge on any atom is 0.177 e. The van der Waals surface area contributed by atoms with Crippen molar-refractivity contribution in [3.8, 4) is 11.8 Å². The van der Waals surface area contributed by atoms with Gasteiger partial charge in [0.25, 0.3) is 0 Å². The summed E-state index contributed by atoms with van der Waals surface area (Å²) in [6.07, 6.45) is 0. The van der Waals surface area contributed by atoms with Crippen LogP contribution < -0.4 is 0 Å². The summed E-state index contributed by atoms with van der Waals surface area (Å²) >= 11 is 0. The molecular formula is C14H8F3N. The van der Waals surface area contributed by atoms with Gasteiger partial charge in [0, 0.05) is 5.69 Å². The van der Waals surface area contributed by atoms with E-state index in [2.05, 4.69) is 16.8 Å². The number of aromatic nitrogens is 1. The molecule has 0 aliphatic carbocycles. The Morgan fingerprint density at radius 1 is 0.944 bits per heavy atom. The lowest BCUT2D eigenvalue weighted by Gasteiger charge is -1.97. The highest BCUT2D eigenvalue weighted by atomic mass is 19.2. The molecule has 1 nitrogen and oxygen atoms in total. The molecule has 90 valence electrons. The summed E-state index contributed by atoms with van der Waals surface area (Å²) in [5.41, 5.74) is 0.526. The minimum Gasteiger partial charge on any atom is -0.245 e. The first-order valence-corrected chi connectivity index (χ1v) is 5.17. The van der Waals surface area contributed by atoms with Crippen molar-refractivity contribution in [3.05, 3.63) is 64.7 Å². The molecule has 0 fully saturated rings. The minimum atomic E-state index is -1.28. The molecule has 0 amide bonds. The molecule has 2 aromatic rings. The van der Waals surface area contributed by atoms with Crippen molar-refractivity contribution >= 4 is 0 Å². The van der Waals surface area contributed by atoms with Crippen LogP contribution in [0.3, 0.4) is 0 Å². The molecule has 0 saturated carbocycles. The van der Waals surface area contributed by atoms with E-state index in [1.165, 1.54) is 0 Å². The van der Waals surface area contributed by atoms with Gasteiger partial charge in [0.1, 0.15) is 11.5 Å². The van der Waals surface area contributed by atoms with Gasteiger partial charge in [-0.25, -0.2) is 18.2 Å². The second-order valence-electron chi connectivity index (χ2n) is 3.63. The van der Waals surface area contributed by atoms with Crippen LogP contribution in [0.5, 0.6) is 0 Å². The number of halogens is 3. The van der Waals surface area contributed by atoms with E-state index in [0.717, 1.165) is 17.8 Å². The maximum atomic E-state index is 13.3. The second-order valence-corrected chi connectivity index (χ2v) is 3.63. The summed E-state index contributed by atoms with van der Waals surface area (Å²) < 4.78 is 39.5. The third-order valence-electron chi connectivity index (χ3n) is 2.25. The third-order valence-corrected chi connectivity index (χ3v) is 2.25. The molecule has 0 atom stereocenters. The van der Waals surface area contributed by atoms with E-state index < -0.39 is 23.0 Å². The standard InChI is InChI=1S/C14H8F3N/c1-9-3-2-4-10(18-9)5-6-11-12(15)7-8-13(16)14(11)17/h2-4,7-8H,1H3. The molecule has 4 heteroatoms. The zero-order valence-corrected chi connectivity index (χ0v) is 9.47. The fourth-order valence-electron chi connectivity index (χ4n) is 1.38. The van der Waals surface area contributed by atoms with Crippen molar-refractivity contribution in [2.75, 3.05) is 0 Å². The van der Waals surface area contributed by atoms with Crippen molar-refractivity contribution < 1.29 is 13.2 Å². The van der Waals surface area contributed by atoms with E-state index in [1.807, 2.05) is 0 Å². The Morgan fingerprint density at radius 3 is 2.39 bits per heavy atom. The Hall–Kier alpha value is -2.28. The van der Waals surface area contributed by atoms with Gasteiger partial charge in [-0.2, -0.15) is 0 Å². The van der Waals surface area contributed by atoms with Gasteiger partial charge in [-0.1, -0.05) is 12.0 Å². The zero-order chi connectivity index (χ0) is 13.1. The first kappa shape index (κ1) is 12.2. The van der Waals surface area contributed by atoms with Crippen LogP contribution in [0.1, 0.15) is 17.0 Å². The highest BCUT2D eigenvalue weighted by Gasteiger charge is 2.11. The average molecular weight is 247 g/mol. The number of benzene rings is 1. The van der Waals surface area contributed by atoms with Crippen molar-refractivity contribution in [2.24, 2.45) is 0 Å². The molecule has 0 N–H and O–H groups in total. The van der Waals surface area contributed by atoms with Crippen LogP contribution in [0.25, 0.3) is 0 Å². The molecular weight excluding hydrogens is 239 g/mol. The van der Waals surface area contributed by atoms with Crippen molar-refractivity contribution in [3.63, 3.8) is 0 Å². The molecule has 0 aliphatic heterocycles. The monoisotopic (exact) mass is 247 g/mol. The van der Waals surface area contributed by atoms with Gasteiger partial charge < -0.3 is 0 Å². The van der Waals surface area contributed by atoms with Crippen molar-refractivity contribution in [1.82, 2.24) is 4.98 Å². The fraction of sp³-hybridized carbons (Fsp3) is 0.0714. The van der Waals surface area contributed by atoms with Crippen LogP contribution in [0.4, 0.5) is 13.2 Å². The Morgan fingerprint density at radius 2 is 1.67 bits per heavy atom. The van der Waals surface area contributed by atoms with E-state index in [9.17, 15) is 13.2 Å². The molecule has 1 aromatic carbocycles. The number of nitrogens with zero attached hydrogens (tertiary/aromatic N) is 1. The largest absolute Gasteiger partial charge is 0.245 e. The predicted molar refractivity (Wildman–Crippen MR) is 61.3 cm³/mol. The van der Waals surface area contributed by atoms with E-state index in [4.69, 9.17) is 0 Å². The molecule has 0 radical (unpaired) electrons. The fourth-order valence-corrected chi connectivity index (χ4v) is 1.38. The van der Waals surface area contributed by atoms with Crippen LogP contribution in [0.2, 0.25) is 0 Å². The molecule has 0 bridgehead atoms. The van der Waals surface area contributed by atoms with Gasteiger partial charge in [0.05, 0.1) is 5.56 Å². The zero-order valence-electron chi connectivity index (χ0n) is 9.47. The van der Waals surface area contributed by atoms with Crippen LogP contribution in [-0.2, 0) is 0 Å². The van der Waals surface area contributed by atoms with Crippen LogP contribution in [0, 0.1) is 36.2 Å². The van der Waals surface area contributed by atoms with Crippen molar-refractivity contribution in [2.45, 2.75) is 6.92 Å². The molecule has 0 aliphatic rings. The molecule has 0 unspecified atom stereocenters. The van der Waals surface area contributed by atoms with Crippen LogP contribution in [-0.4, -0.2) is 4.98 Å². The van der Waals surface area contributed by atoms with E-state index >= 15 is 0 Å². The average Bonchev–Trinajstić information content (AvgIpc) is 2.34. The predicted octanol–water partition coefficient (Wildman–Crippen LogP) is 3.21. The Kier molecular flexibility index (Phi) is 3.33. The van der Waals surface area contributed by atoms with Gasteiger partial charge >= 0.3 is 0 Å². The molecule has 1 aromatic heterocycles. The lowest BCUT2D eigenvalue weighted by Crippen LogP contribution is -1.94. The summed E-state index contributed by atoms with van der Waals surface area (Å²) in [5.74, 6) is 1.46. The number of rotatable bonds is 0. The van der Waals surface area contributed by atoms with E-state index in [1.54, 1.807) is 25.1 Å². The number of hydrogen-bond donors (Lipinski definition) is 0. The summed E-state index contributed by atoms with van der Waals surface area (Å²) in [4.78, 5) is 4.06. The molecule has 0 saturated heterocycles. The van der Waals surface area contributed by atoms with E-state index in [0.29, 0.717) is 5.69 Å². The highest BCUT2D eigenvalue weighted by molar-refractivity contribution is 5.42. The molecule has 0 spiro atoms. The summed E-state index contributed by atoms with van der Waals surface area (Å²) in [7, 11) is 0. The summed E-state index contributed by atoms with van der Waals surface area (Å²) in [5, 5.41) is 0. The van der Waals surface area contributed by atoms with E-state index in [-0.39, 0.29) is 0 Å². The lowest BCUT2D eigenvalue weighted by molar-refractivity contribution is 0.491. The smallest absolute Gasteiger partial charge is 0.177 e. The van der Waals surface area contributed by atoms with Gasteiger partial charge in [-0.05, 0) is 37.1 Å². The molecule has 18 heavy (non-hydrogen) atoms. The van der Waals surface area contributed by atoms with Crippen LogP contribution >= 0.6 is 0 Å². The van der Waals surface area contributed by atoms with Crippen LogP contribution in [0.15, 0.2) is 30.3 Å². The summed E-state index contributed by atoms with van der Waals surface area (Å²) in [6, 6.07) is 6.67. The minimum absolute atomic E-state index is 0.373. The second kappa shape index (κ2) is 4.92. The highest BCUT2D eigenvalue weighted by Crippen LogP contribution is 2.14. The number of aryl methyl sites for hydroxylation is 1. The lowest BCUT2D eigenvalue weighted by atomic mass is 10.2. The Bertz CT molecular complexity index is 654. The van der Waals surface area contributed by atoms with Gasteiger partial charge in [-0.15, -0.1) is 0 Å². The Labute approximate surface area is 102 Å². The van der Waals surface area contributed by atoms with Gasteiger partial charge in [0.2, 0.25) is 0 Å². The number of hydrogen-bond acceptors (Lipinski definition) is 1. The summed E-state index contributed by atoms with van der Waals surface area (Å²) in [6.45, 7) is 1.77. The number of pyridine rings is 1. The SMILES string of the molecule is Cc1cccc(C#Cc2c(F)ccc(F)c2F)n1. The Balaban J connectivity index is 2.45. The molecule has 2 rings (SSSR count). The first-order valence-electron chi connectivity index (χ1n) is 5.17. The normalized spacial score (nSPS) is 9.78.